The third-order valence-electron chi connectivity index (χ3n) is 3.04. The number of nitrogen functional groups attached to an aromatic ring is 1. The van der Waals surface area contributed by atoms with Crippen molar-refractivity contribution in [2.75, 3.05) is 5.73 Å². The molecule has 0 saturated carbocycles. The summed E-state index contributed by atoms with van der Waals surface area (Å²) in [7, 11) is 0. The molecule has 1 heterocycles. The molecule has 1 amide bonds. The SMILES string of the molecule is CCC(NC(=O)c1ncccc1N)c1ccc(Br)cc1. The van der Waals surface area contributed by atoms with Gasteiger partial charge in [0.2, 0.25) is 0 Å². The number of nitrogens with two attached hydrogens (primary N) is 1. The van der Waals surface area contributed by atoms with Crippen molar-refractivity contribution in [1.82, 2.24) is 10.3 Å². The van der Waals surface area contributed by atoms with Gasteiger partial charge < -0.3 is 11.1 Å². The number of benzene rings is 1. The van der Waals surface area contributed by atoms with Crippen LogP contribution in [0.15, 0.2) is 47.1 Å². The standard InChI is InChI=1S/C15H16BrN3O/c1-2-13(10-5-7-11(16)8-6-10)19-15(20)14-12(17)4-3-9-18-14/h3-9,13H,2,17H2,1H3,(H,19,20). The summed E-state index contributed by atoms with van der Waals surface area (Å²) >= 11 is 3.40. The van der Waals surface area contributed by atoms with Crippen LogP contribution >= 0.6 is 15.9 Å². The molecule has 3 N–H and O–H groups in total. The highest BCUT2D eigenvalue weighted by Crippen LogP contribution is 2.20. The number of carbonyl (C=O) groups excluding carboxylic acids is 1. The Bertz CT molecular complexity index is 598. The summed E-state index contributed by atoms with van der Waals surface area (Å²) in [6.45, 7) is 2.02. The van der Waals surface area contributed by atoms with Crippen molar-refractivity contribution in [3.63, 3.8) is 0 Å². The first-order valence-corrected chi connectivity index (χ1v) is 7.18. The van der Waals surface area contributed by atoms with Gasteiger partial charge in [-0.1, -0.05) is 35.0 Å². The summed E-state index contributed by atoms with van der Waals surface area (Å²) in [6.07, 6.45) is 2.35. The molecule has 104 valence electrons. The van der Waals surface area contributed by atoms with E-state index in [0.717, 1.165) is 16.5 Å². The number of rotatable bonds is 4. The fourth-order valence-electron chi connectivity index (χ4n) is 1.95. The number of pyridine rings is 1. The van der Waals surface area contributed by atoms with E-state index in [4.69, 9.17) is 5.73 Å². The Labute approximate surface area is 126 Å². The molecule has 0 bridgehead atoms. The monoisotopic (exact) mass is 333 g/mol. The van der Waals surface area contributed by atoms with Crippen LogP contribution in [0.4, 0.5) is 5.69 Å². The number of hydrogen-bond acceptors (Lipinski definition) is 3. The Kier molecular flexibility index (Phi) is 4.74. The molecule has 20 heavy (non-hydrogen) atoms. The molecule has 0 fully saturated rings. The van der Waals surface area contributed by atoms with Gasteiger partial charge in [0.05, 0.1) is 11.7 Å². The molecule has 0 radical (unpaired) electrons. The van der Waals surface area contributed by atoms with Crippen LogP contribution in [0, 0.1) is 0 Å². The largest absolute Gasteiger partial charge is 0.397 e. The van der Waals surface area contributed by atoms with E-state index in [0.29, 0.717) is 5.69 Å². The highest BCUT2D eigenvalue weighted by Gasteiger charge is 2.16. The highest BCUT2D eigenvalue weighted by atomic mass is 79.9. The van der Waals surface area contributed by atoms with E-state index < -0.39 is 0 Å². The quantitative estimate of drug-likeness (QED) is 0.901. The molecule has 5 heteroatoms. The molecule has 0 saturated heterocycles. The minimum Gasteiger partial charge on any atom is -0.397 e. The van der Waals surface area contributed by atoms with Crippen molar-refractivity contribution >= 4 is 27.5 Å². The number of hydrogen-bond donors (Lipinski definition) is 2. The predicted molar refractivity (Wildman–Crippen MR) is 83.3 cm³/mol. The Morgan fingerprint density at radius 1 is 1.35 bits per heavy atom. The van der Waals surface area contributed by atoms with Gasteiger partial charge in [-0.25, -0.2) is 4.98 Å². The van der Waals surface area contributed by atoms with Crippen molar-refractivity contribution in [2.45, 2.75) is 19.4 Å². The van der Waals surface area contributed by atoms with Gasteiger partial charge in [0.25, 0.3) is 5.91 Å². The molecule has 1 aromatic carbocycles. The fourth-order valence-corrected chi connectivity index (χ4v) is 2.21. The van der Waals surface area contributed by atoms with Crippen molar-refractivity contribution < 1.29 is 4.79 Å². The third kappa shape index (κ3) is 3.36. The maximum atomic E-state index is 12.2. The molecular formula is C15H16BrN3O. The normalized spacial score (nSPS) is 11.9. The van der Waals surface area contributed by atoms with Crippen LogP contribution in [0.3, 0.4) is 0 Å². The van der Waals surface area contributed by atoms with Crippen molar-refractivity contribution in [3.05, 3.63) is 58.3 Å². The second-order valence-corrected chi connectivity index (χ2v) is 5.34. The molecule has 1 aromatic heterocycles. The van der Waals surface area contributed by atoms with Crippen molar-refractivity contribution in [1.29, 1.82) is 0 Å². The molecule has 4 nitrogen and oxygen atoms in total. The number of nitrogens with zero attached hydrogens (tertiary/aromatic N) is 1. The Morgan fingerprint density at radius 3 is 2.65 bits per heavy atom. The first kappa shape index (κ1) is 14.5. The number of nitrogens with one attached hydrogen (secondary N) is 1. The van der Waals surface area contributed by atoms with E-state index in [9.17, 15) is 4.79 Å². The zero-order chi connectivity index (χ0) is 14.5. The minimum absolute atomic E-state index is 0.0583. The molecule has 0 aliphatic rings. The van der Waals surface area contributed by atoms with Gasteiger partial charge >= 0.3 is 0 Å². The predicted octanol–water partition coefficient (Wildman–Crippen LogP) is 3.31. The van der Waals surface area contributed by atoms with E-state index >= 15 is 0 Å². The van der Waals surface area contributed by atoms with Crippen LogP contribution in [0.2, 0.25) is 0 Å². The zero-order valence-electron chi connectivity index (χ0n) is 11.1. The molecule has 2 rings (SSSR count). The maximum absolute atomic E-state index is 12.2. The van der Waals surface area contributed by atoms with Crippen LogP contribution < -0.4 is 11.1 Å². The molecule has 0 aliphatic carbocycles. The first-order valence-electron chi connectivity index (χ1n) is 6.38. The third-order valence-corrected chi connectivity index (χ3v) is 3.57. The van der Waals surface area contributed by atoms with Gasteiger partial charge in [-0.15, -0.1) is 0 Å². The summed E-state index contributed by atoms with van der Waals surface area (Å²) in [4.78, 5) is 16.2. The lowest BCUT2D eigenvalue weighted by atomic mass is 10.0. The van der Waals surface area contributed by atoms with Crippen LogP contribution in [0.1, 0.15) is 35.4 Å². The highest BCUT2D eigenvalue weighted by molar-refractivity contribution is 9.10. The van der Waals surface area contributed by atoms with Crippen LogP contribution in [-0.2, 0) is 0 Å². The lowest BCUT2D eigenvalue weighted by molar-refractivity contribution is 0.0931. The molecule has 0 aliphatic heterocycles. The minimum atomic E-state index is -0.252. The molecule has 1 unspecified atom stereocenters. The molecule has 0 spiro atoms. The number of anilines is 1. The molecular weight excluding hydrogens is 318 g/mol. The van der Waals surface area contributed by atoms with Crippen molar-refractivity contribution in [2.24, 2.45) is 0 Å². The Morgan fingerprint density at radius 2 is 2.05 bits per heavy atom. The topological polar surface area (TPSA) is 68.0 Å². The number of amides is 1. The summed E-state index contributed by atoms with van der Waals surface area (Å²) < 4.78 is 1.01. The lowest BCUT2D eigenvalue weighted by Gasteiger charge is -2.17. The smallest absolute Gasteiger partial charge is 0.272 e. The van der Waals surface area contributed by atoms with Gasteiger partial charge in [-0.05, 0) is 36.2 Å². The van der Waals surface area contributed by atoms with E-state index in [2.05, 4.69) is 26.2 Å². The molecule has 2 aromatic rings. The first-order chi connectivity index (χ1) is 9.61. The summed E-state index contributed by atoms with van der Waals surface area (Å²) in [5.41, 5.74) is 7.47. The average molecular weight is 334 g/mol. The summed E-state index contributed by atoms with van der Waals surface area (Å²) in [6, 6.07) is 11.2. The van der Waals surface area contributed by atoms with Gasteiger partial charge in [-0.3, -0.25) is 4.79 Å². The second-order valence-electron chi connectivity index (χ2n) is 4.43. The van der Waals surface area contributed by atoms with Crippen LogP contribution in [0.5, 0.6) is 0 Å². The molecule has 1 atom stereocenters. The van der Waals surface area contributed by atoms with Crippen molar-refractivity contribution in [3.8, 4) is 0 Å². The van der Waals surface area contributed by atoms with Crippen LogP contribution in [-0.4, -0.2) is 10.9 Å². The van der Waals surface area contributed by atoms with Gasteiger partial charge in [0.15, 0.2) is 5.69 Å². The lowest BCUT2D eigenvalue weighted by Crippen LogP contribution is -2.29. The van der Waals surface area contributed by atoms with E-state index in [1.54, 1.807) is 18.3 Å². The Balaban J connectivity index is 2.16. The number of aromatic nitrogens is 1. The van der Waals surface area contributed by atoms with Gasteiger partial charge in [0, 0.05) is 10.7 Å². The van der Waals surface area contributed by atoms with E-state index in [1.807, 2.05) is 31.2 Å². The fraction of sp³-hybridized carbons (Fsp3) is 0.200. The number of halogens is 1. The van der Waals surface area contributed by atoms with Gasteiger partial charge in [-0.2, -0.15) is 0 Å². The zero-order valence-corrected chi connectivity index (χ0v) is 12.7. The summed E-state index contributed by atoms with van der Waals surface area (Å²) in [5, 5.41) is 2.96. The van der Waals surface area contributed by atoms with Gasteiger partial charge in [0.1, 0.15) is 0 Å². The summed E-state index contributed by atoms with van der Waals surface area (Å²) in [5.74, 6) is -0.252. The van der Waals surface area contributed by atoms with E-state index in [1.165, 1.54) is 0 Å². The Hall–Kier alpha value is -1.88. The van der Waals surface area contributed by atoms with E-state index in [-0.39, 0.29) is 17.6 Å². The maximum Gasteiger partial charge on any atom is 0.272 e. The number of carbonyl (C=O) groups is 1. The van der Waals surface area contributed by atoms with Crippen LogP contribution in [0.25, 0.3) is 0 Å². The average Bonchev–Trinajstić information content (AvgIpc) is 2.46. The second kappa shape index (κ2) is 6.52.